The van der Waals surface area contributed by atoms with E-state index in [1.807, 2.05) is 6.92 Å². The fraction of sp³-hybridized carbons (Fsp3) is 0.412. The number of nitrogen functional groups attached to an aromatic ring is 1. The molecule has 23 heavy (non-hydrogen) atoms. The van der Waals surface area contributed by atoms with Gasteiger partial charge in [-0.1, -0.05) is 12.1 Å². The van der Waals surface area contributed by atoms with Gasteiger partial charge in [-0.25, -0.2) is 14.4 Å². The third kappa shape index (κ3) is 3.70. The number of nitrogens with two attached hydrogens (primary N) is 1. The van der Waals surface area contributed by atoms with E-state index < -0.39 is 0 Å². The molecule has 1 aliphatic heterocycles. The van der Waals surface area contributed by atoms with Crippen molar-refractivity contribution in [2.45, 2.75) is 19.8 Å². The summed E-state index contributed by atoms with van der Waals surface area (Å²) in [5.41, 5.74) is 6.78. The molecule has 1 saturated heterocycles. The number of anilines is 2. The normalized spacial score (nSPS) is 15.7. The van der Waals surface area contributed by atoms with Gasteiger partial charge in [0.25, 0.3) is 0 Å². The van der Waals surface area contributed by atoms with Gasteiger partial charge >= 0.3 is 0 Å². The number of hydrogen-bond donors (Lipinski definition) is 1. The maximum Gasteiger partial charge on any atom is 0.171 e. The summed E-state index contributed by atoms with van der Waals surface area (Å²) in [6, 6.07) is 6.51. The van der Waals surface area contributed by atoms with Crippen molar-refractivity contribution < 1.29 is 9.13 Å². The molecule has 3 rings (SSSR count). The van der Waals surface area contributed by atoms with Gasteiger partial charge in [-0.05, 0) is 37.8 Å². The van der Waals surface area contributed by atoms with Gasteiger partial charge in [0.05, 0.1) is 18.5 Å². The predicted octanol–water partition coefficient (Wildman–Crippen LogP) is 2.80. The molecule has 0 atom stereocenters. The summed E-state index contributed by atoms with van der Waals surface area (Å²) in [6.07, 6.45) is 3.60. The topological polar surface area (TPSA) is 64.3 Å². The minimum absolute atomic E-state index is 0.312. The van der Waals surface area contributed by atoms with E-state index in [0.29, 0.717) is 24.1 Å². The van der Waals surface area contributed by atoms with Crippen LogP contribution >= 0.6 is 0 Å². The molecule has 0 saturated carbocycles. The Morgan fingerprint density at radius 2 is 2.04 bits per heavy atom. The van der Waals surface area contributed by atoms with E-state index in [0.717, 1.165) is 37.4 Å². The lowest BCUT2D eigenvalue weighted by molar-refractivity contribution is 0.215. The molecule has 122 valence electrons. The Morgan fingerprint density at radius 3 is 2.78 bits per heavy atom. The highest BCUT2D eigenvalue weighted by Gasteiger charge is 2.22. The second kappa shape index (κ2) is 6.81. The van der Waals surface area contributed by atoms with Crippen molar-refractivity contribution in [3.8, 4) is 5.75 Å². The van der Waals surface area contributed by atoms with Crippen LogP contribution < -0.4 is 15.4 Å². The molecule has 1 fully saturated rings. The molecule has 5 nitrogen and oxygen atoms in total. The minimum Gasteiger partial charge on any atom is -0.490 e. The molecular formula is C17H21FN4O. The van der Waals surface area contributed by atoms with E-state index in [9.17, 15) is 4.39 Å². The second-order valence-electron chi connectivity index (χ2n) is 5.89. The number of halogens is 1. The number of nitrogens with zero attached hydrogens (tertiary/aromatic N) is 3. The Hall–Kier alpha value is -2.37. The molecule has 2 N–H and O–H groups in total. The van der Waals surface area contributed by atoms with Crippen molar-refractivity contribution in [1.82, 2.24) is 9.97 Å². The van der Waals surface area contributed by atoms with Crippen molar-refractivity contribution in [3.05, 3.63) is 42.0 Å². The van der Waals surface area contributed by atoms with Crippen LogP contribution in [0.4, 0.5) is 16.0 Å². The van der Waals surface area contributed by atoms with Crippen LogP contribution in [-0.2, 0) is 0 Å². The number of para-hydroxylation sites is 1. The Labute approximate surface area is 135 Å². The molecule has 2 heterocycles. The van der Waals surface area contributed by atoms with Gasteiger partial charge < -0.3 is 15.4 Å². The molecule has 1 aliphatic rings. The number of benzene rings is 1. The summed E-state index contributed by atoms with van der Waals surface area (Å²) in [5.74, 6) is 1.65. The zero-order chi connectivity index (χ0) is 16.2. The molecule has 2 aromatic rings. The molecule has 0 bridgehead atoms. The molecular weight excluding hydrogens is 295 g/mol. The summed E-state index contributed by atoms with van der Waals surface area (Å²) in [6.45, 7) is 4.15. The van der Waals surface area contributed by atoms with E-state index in [1.165, 1.54) is 6.07 Å². The van der Waals surface area contributed by atoms with Crippen LogP contribution in [0.2, 0.25) is 0 Å². The highest BCUT2D eigenvalue weighted by atomic mass is 19.1. The fourth-order valence-electron chi connectivity index (χ4n) is 2.79. The van der Waals surface area contributed by atoms with Gasteiger partial charge in [0.15, 0.2) is 23.2 Å². The van der Waals surface area contributed by atoms with Crippen LogP contribution in [0.5, 0.6) is 5.75 Å². The summed E-state index contributed by atoms with van der Waals surface area (Å²) in [7, 11) is 0. The van der Waals surface area contributed by atoms with E-state index in [1.54, 1.807) is 24.4 Å². The summed E-state index contributed by atoms with van der Waals surface area (Å²) in [5, 5.41) is 0. The van der Waals surface area contributed by atoms with Gasteiger partial charge in [0.2, 0.25) is 0 Å². The maximum atomic E-state index is 13.5. The lowest BCUT2D eigenvalue weighted by atomic mass is 9.98. The lowest BCUT2D eigenvalue weighted by Crippen LogP contribution is -2.36. The summed E-state index contributed by atoms with van der Waals surface area (Å²) >= 11 is 0. The average Bonchev–Trinajstić information content (AvgIpc) is 2.57. The zero-order valence-corrected chi connectivity index (χ0v) is 13.2. The maximum absolute atomic E-state index is 13.5. The molecule has 0 aliphatic carbocycles. The molecule has 0 unspecified atom stereocenters. The first kappa shape index (κ1) is 15.5. The first-order valence-corrected chi connectivity index (χ1v) is 7.85. The lowest BCUT2D eigenvalue weighted by Gasteiger charge is -2.33. The molecule has 0 radical (unpaired) electrons. The van der Waals surface area contributed by atoms with E-state index in [4.69, 9.17) is 10.5 Å². The highest BCUT2D eigenvalue weighted by Crippen LogP contribution is 2.26. The van der Waals surface area contributed by atoms with Gasteiger partial charge in [-0.3, -0.25) is 0 Å². The quantitative estimate of drug-likeness (QED) is 0.939. The molecule has 0 spiro atoms. The monoisotopic (exact) mass is 316 g/mol. The number of rotatable bonds is 4. The van der Waals surface area contributed by atoms with Crippen molar-refractivity contribution in [3.63, 3.8) is 0 Å². The van der Waals surface area contributed by atoms with E-state index in [-0.39, 0.29) is 5.82 Å². The number of aromatic nitrogens is 2. The highest BCUT2D eigenvalue weighted by molar-refractivity contribution is 5.58. The third-order valence-corrected chi connectivity index (χ3v) is 4.13. The van der Waals surface area contributed by atoms with Gasteiger partial charge in [-0.15, -0.1) is 0 Å². The first-order chi connectivity index (χ1) is 11.1. The van der Waals surface area contributed by atoms with Gasteiger partial charge in [0, 0.05) is 13.1 Å². The molecule has 1 aromatic heterocycles. The largest absolute Gasteiger partial charge is 0.490 e. The molecule has 1 aromatic carbocycles. The van der Waals surface area contributed by atoms with Crippen LogP contribution in [0.3, 0.4) is 0 Å². The number of hydrogen-bond acceptors (Lipinski definition) is 5. The third-order valence-electron chi connectivity index (χ3n) is 4.13. The zero-order valence-electron chi connectivity index (χ0n) is 13.2. The van der Waals surface area contributed by atoms with Crippen LogP contribution in [0.15, 0.2) is 30.5 Å². The van der Waals surface area contributed by atoms with Crippen molar-refractivity contribution in [2.75, 3.05) is 30.3 Å². The second-order valence-corrected chi connectivity index (χ2v) is 5.89. The Bertz CT molecular complexity index is 671. The summed E-state index contributed by atoms with van der Waals surface area (Å²) in [4.78, 5) is 10.8. The van der Waals surface area contributed by atoms with Crippen LogP contribution in [-0.4, -0.2) is 29.7 Å². The Balaban J connectivity index is 1.54. The first-order valence-electron chi connectivity index (χ1n) is 7.85. The number of piperidine rings is 1. The Kier molecular flexibility index (Phi) is 4.60. The van der Waals surface area contributed by atoms with Crippen LogP contribution in [0, 0.1) is 18.7 Å². The van der Waals surface area contributed by atoms with Gasteiger partial charge in [0.1, 0.15) is 0 Å². The average molecular weight is 316 g/mol. The number of ether oxygens (including phenoxy) is 1. The Morgan fingerprint density at radius 1 is 1.30 bits per heavy atom. The summed E-state index contributed by atoms with van der Waals surface area (Å²) < 4.78 is 19.2. The number of aryl methyl sites for hydroxylation is 1. The van der Waals surface area contributed by atoms with Crippen molar-refractivity contribution in [2.24, 2.45) is 5.92 Å². The van der Waals surface area contributed by atoms with E-state index >= 15 is 0 Å². The minimum atomic E-state index is -0.312. The van der Waals surface area contributed by atoms with Crippen LogP contribution in [0.1, 0.15) is 18.5 Å². The predicted molar refractivity (Wildman–Crippen MR) is 88.0 cm³/mol. The van der Waals surface area contributed by atoms with Crippen LogP contribution in [0.25, 0.3) is 0 Å². The molecule has 6 heteroatoms. The standard InChI is InChI=1S/C17H21FN4O/c1-12-10-20-16(19)17(21-12)22-8-6-13(7-9-22)11-23-15-5-3-2-4-14(15)18/h2-5,10,13H,6-9,11H2,1H3,(H2,19,20). The van der Waals surface area contributed by atoms with Gasteiger partial charge in [-0.2, -0.15) is 0 Å². The van der Waals surface area contributed by atoms with Crippen molar-refractivity contribution >= 4 is 11.6 Å². The van der Waals surface area contributed by atoms with Crippen molar-refractivity contribution in [1.29, 1.82) is 0 Å². The van der Waals surface area contributed by atoms with E-state index in [2.05, 4.69) is 14.9 Å². The smallest absolute Gasteiger partial charge is 0.171 e. The molecule has 0 amide bonds. The SMILES string of the molecule is Cc1cnc(N)c(N2CCC(COc3ccccc3F)CC2)n1. The fourth-order valence-corrected chi connectivity index (χ4v) is 2.79.